The van der Waals surface area contributed by atoms with Gasteiger partial charge in [0.15, 0.2) is 0 Å². The van der Waals surface area contributed by atoms with Crippen molar-refractivity contribution in [2.75, 3.05) is 0 Å². The van der Waals surface area contributed by atoms with Crippen LogP contribution in [0.3, 0.4) is 0 Å². The van der Waals surface area contributed by atoms with Gasteiger partial charge < -0.3 is 0 Å². The maximum absolute atomic E-state index is 2.63. The summed E-state index contributed by atoms with van der Waals surface area (Å²) in [6, 6.07) is 0. The summed E-state index contributed by atoms with van der Waals surface area (Å²) in [5.41, 5.74) is 0. The Morgan fingerprint density at radius 1 is 0.553 bits per heavy atom. The van der Waals surface area contributed by atoms with Crippen LogP contribution in [-0.2, 0) is 0 Å². The van der Waals surface area contributed by atoms with E-state index in [4.69, 9.17) is 0 Å². The topological polar surface area (TPSA) is 0 Å². The minimum Gasteiger partial charge on any atom is -0.0654 e. The first-order valence-electron chi connectivity index (χ1n) is 18.5. The Morgan fingerprint density at radius 2 is 1.26 bits per heavy atom. The molecule has 5 aliphatic rings. The molecule has 0 spiro atoms. The van der Waals surface area contributed by atoms with Crippen molar-refractivity contribution in [2.45, 2.75) is 170 Å². The number of rotatable bonds is 8. The van der Waals surface area contributed by atoms with Crippen molar-refractivity contribution < 1.29 is 0 Å². The summed E-state index contributed by atoms with van der Waals surface area (Å²) in [6.07, 6.45) is 30.4. The average molecular weight is 527 g/mol. The van der Waals surface area contributed by atoms with Crippen molar-refractivity contribution in [3.8, 4) is 0 Å². The van der Waals surface area contributed by atoms with Gasteiger partial charge in [-0.25, -0.2) is 0 Å². The first-order valence-corrected chi connectivity index (χ1v) is 18.5. The lowest BCUT2D eigenvalue weighted by Crippen LogP contribution is -2.45. The van der Waals surface area contributed by atoms with E-state index in [1.54, 1.807) is 64.2 Å². The Bertz CT molecular complexity index is 642. The second kappa shape index (κ2) is 15.3. The van der Waals surface area contributed by atoms with Gasteiger partial charge in [-0.1, -0.05) is 112 Å². The fraction of sp³-hybridized carbons (Fsp3) is 1.00. The standard InChI is InChI=1S/C24H44.C14H26/c1-5-8-11-21-17(4)15-20-10-9-12-22(20)24(21)23-16-18(6-2)13-14-19(23)7-3;1-3-12-5-8-13(9-6-12)14-7-4-11(2)10-14/h17-24H,5-16H2,1-4H3;11-14H,3-10H2,1-2H3. The van der Waals surface area contributed by atoms with Crippen LogP contribution in [0.15, 0.2) is 0 Å². The monoisotopic (exact) mass is 527 g/mol. The minimum atomic E-state index is 1.00. The molecule has 38 heavy (non-hydrogen) atoms. The molecule has 0 bridgehead atoms. The molecule has 0 aromatic carbocycles. The Balaban J connectivity index is 0.000000204. The van der Waals surface area contributed by atoms with Crippen LogP contribution in [0.5, 0.6) is 0 Å². The van der Waals surface area contributed by atoms with Crippen molar-refractivity contribution in [2.24, 2.45) is 71.0 Å². The first-order chi connectivity index (χ1) is 18.5. The number of hydrogen-bond acceptors (Lipinski definition) is 0. The molecule has 5 saturated carbocycles. The zero-order valence-electron chi connectivity index (χ0n) is 27.1. The van der Waals surface area contributed by atoms with Crippen molar-refractivity contribution in [3.05, 3.63) is 0 Å². The van der Waals surface area contributed by atoms with E-state index in [0.717, 1.165) is 71.0 Å². The summed E-state index contributed by atoms with van der Waals surface area (Å²) in [6.45, 7) is 14.8. The zero-order chi connectivity index (χ0) is 27.1. The number of unbranched alkanes of at least 4 members (excludes halogenated alkanes) is 1. The third-order valence-corrected chi connectivity index (χ3v) is 13.6. The maximum Gasteiger partial charge on any atom is -0.0321 e. The van der Waals surface area contributed by atoms with Gasteiger partial charge in [0.05, 0.1) is 0 Å². The van der Waals surface area contributed by atoms with Crippen LogP contribution in [0.1, 0.15) is 170 Å². The average Bonchev–Trinajstić information content (AvgIpc) is 3.60. The van der Waals surface area contributed by atoms with Gasteiger partial charge in [-0.15, -0.1) is 0 Å². The predicted octanol–water partition coefficient (Wildman–Crippen LogP) is 12.4. The zero-order valence-corrected chi connectivity index (χ0v) is 27.1. The summed E-state index contributed by atoms with van der Waals surface area (Å²) in [7, 11) is 0. The van der Waals surface area contributed by atoms with Crippen LogP contribution < -0.4 is 0 Å². The molecule has 5 fully saturated rings. The molecule has 0 saturated heterocycles. The summed E-state index contributed by atoms with van der Waals surface area (Å²) in [4.78, 5) is 0. The van der Waals surface area contributed by atoms with Gasteiger partial charge in [0, 0.05) is 0 Å². The van der Waals surface area contributed by atoms with E-state index in [1.807, 2.05) is 0 Å². The van der Waals surface area contributed by atoms with Crippen LogP contribution in [0.4, 0.5) is 0 Å². The molecule has 0 N–H and O–H groups in total. The van der Waals surface area contributed by atoms with E-state index < -0.39 is 0 Å². The molecule has 10 atom stereocenters. The third-order valence-electron chi connectivity index (χ3n) is 13.6. The SMILES string of the molecule is CCC1CCC(C2CCC(C)C2)CC1.CCCCC1C(C)CC2CCCC2C1C1CC(CC)CCC1CC. The lowest BCUT2D eigenvalue weighted by Gasteiger charge is -2.52. The highest BCUT2D eigenvalue weighted by atomic mass is 14.5. The summed E-state index contributed by atoms with van der Waals surface area (Å²) >= 11 is 0. The van der Waals surface area contributed by atoms with E-state index in [2.05, 4.69) is 41.5 Å². The van der Waals surface area contributed by atoms with Gasteiger partial charge in [-0.2, -0.15) is 0 Å². The smallest absolute Gasteiger partial charge is 0.0321 e. The Hall–Kier alpha value is 0. The van der Waals surface area contributed by atoms with Gasteiger partial charge in [0.25, 0.3) is 0 Å². The first kappa shape index (κ1) is 30.9. The lowest BCUT2D eigenvalue weighted by molar-refractivity contribution is -0.0297. The third kappa shape index (κ3) is 7.64. The molecule has 0 radical (unpaired) electrons. The van der Waals surface area contributed by atoms with Crippen molar-refractivity contribution in [1.82, 2.24) is 0 Å². The second-order valence-corrected chi connectivity index (χ2v) is 15.7. The number of hydrogen-bond donors (Lipinski definition) is 0. The van der Waals surface area contributed by atoms with Gasteiger partial charge in [0.1, 0.15) is 0 Å². The molecule has 0 heteroatoms. The molecule has 5 rings (SSSR count). The van der Waals surface area contributed by atoms with Gasteiger partial charge in [-0.3, -0.25) is 0 Å². The van der Waals surface area contributed by atoms with Gasteiger partial charge in [-0.05, 0) is 129 Å². The fourth-order valence-corrected chi connectivity index (χ4v) is 11.2. The van der Waals surface area contributed by atoms with Gasteiger partial charge in [0.2, 0.25) is 0 Å². The molecular weight excluding hydrogens is 456 g/mol. The van der Waals surface area contributed by atoms with E-state index in [-0.39, 0.29) is 0 Å². The molecule has 0 amide bonds. The molecule has 0 nitrogen and oxygen atoms in total. The molecule has 222 valence electrons. The minimum absolute atomic E-state index is 1.00. The van der Waals surface area contributed by atoms with Crippen LogP contribution in [0, 0.1) is 71.0 Å². The van der Waals surface area contributed by atoms with E-state index in [9.17, 15) is 0 Å². The molecular formula is C38H70. The Kier molecular flexibility index (Phi) is 12.5. The molecule has 0 aliphatic heterocycles. The molecule has 10 unspecified atom stereocenters. The Morgan fingerprint density at radius 3 is 1.89 bits per heavy atom. The summed E-state index contributed by atoms with van der Waals surface area (Å²) in [5, 5.41) is 0. The van der Waals surface area contributed by atoms with Gasteiger partial charge >= 0.3 is 0 Å². The van der Waals surface area contributed by atoms with E-state index in [1.165, 1.54) is 64.2 Å². The van der Waals surface area contributed by atoms with Crippen molar-refractivity contribution in [1.29, 1.82) is 0 Å². The quantitative estimate of drug-likeness (QED) is 0.295. The summed E-state index contributed by atoms with van der Waals surface area (Å²) in [5.74, 6) is 12.9. The van der Waals surface area contributed by atoms with E-state index in [0.29, 0.717) is 0 Å². The largest absolute Gasteiger partial charge is 0.0654 e. The van der Waals surface area contributed by atoms with Crippen LogP contribution in [0.25, 0.3) is 0 Å². The summed E-state index contributed by atoms with van der Waals surface area (Å²) < 4.78 is 0. The van der Waals surface area contributed by atoms with E-state index >= 15 is 0 Å². The molecule has 5 aliphatic carbocycles. The molecule has 0 aromatic heterocycles. The lowest BCUT2D eigenvalue weighted by atomic mass is 9.53. The van der Waals surface area contributed by atoms with Crippen LogP contribution >= 0.6 is 0 Å². The second-order valence-electron chi connectivity index (χ2n) is 15.7. The maximum atomic E-state index is 2.63. The highest BCUT2D eigenvalue weighted by Gasteiger charge is 2.49. The Labute approximate surface area is 240 Å². The van der Waals surface area contributed by atoms with Crippen molar-refractivity contribution in [3.63, 3.8) is 0 Å². The normalized spacial score (nSPS) is 45.3. The van der Waals surface area contributed by atoms with Crippen molar-refractivity contribution >= 4 is 0 Å². The highest BCUT2D eigenvalue weighted by Crippen LogP contribution is 2.57. The molecule has 0 heterocycles. The predicted molar refractivity (Wildman–Crippen MR) is 168 cm³/mol. The van der Waals surface area contributed by atoms with Crippen LogP contribution in [0.2, 0.25) is 0 Å². The number of fused-ring (bicyclic) bond motifs is 1. The van der Waals surface area contributed by atoms with Crippen LogP contribution in [-0.4, -0.2) is 0 Å². The highest BCUT2D eigenvalue weighted by molar-refractivity contribution is 4.99. The molecule has 0 aromatic rings. The fourth-order valence-electron chi connectivity index (χ4n) is 11.2.